The molecule has 0 saturated heterocycles. The van der Waals surface area contributed by atoms with E-state index in [9.17, 15) is 0 Å². The largest absolute Gasteiger partial charge is 0.369 e. The predicted octanol–water partition coefficient (Wildman–Crippen LogP) is 1.89. The molecule has 1 nitrogen and oxygen atoms in total. The van der Waals surface area contributed by atoms with Crippen molar-refractivity contribution in [1.82, 2.24) is 0 Å². The van der Waals surface area contributed by atoms with Crippen molar-refractivity contribution in [3.8, 4) is 0 Å². The lowest BCUT2D eigenvalue weighted by atomic mass is 9.80. The second-order valence-corrected chi connectivity index (χ2v) is 3.80. The van der Waals surface area contributed by atoms with Crippen LogP contribution in [-0.2, 0) is 4.74 Å². The molecule has 10 heavy (non-hydrogen) atoms. The third-order valence-electron chi connectivity index (χ3n) is 2.32. The Morgan fingerprint density at radius 3 is 2.40 bits per heavy atom. The fourth-order valence-corrected chi connectivity index (χ4v) is 2.29. The van der Waals surface area contributed by atoms with Crippen molar-refractivity contribution in [2.24, 2.45) is 5.92 Å². The number of methoxy groups -OCH3 is 1. The number of halogens is 1. The van der Waals surface area contributed by atoms with Crippen LogP contribution in [-0.4, -0.2) is 17.5 Å². The minimum absolute atomic E-state index is 0.0613. The molecule has 2 rings (SSSR count). The molecule has 0 bridgehead atoms. The van der Waals surface area contributed by atoms with Crippen molar-refractivity contribution in [1.29, 1.82) is 0 Å². The lowest BCUT2D eigenvalue weighted by Crippen LogP contribution is -2.41. The van der Waals surface area contributed by atoms with Gasteiger partial charge in [0.2, 0.25) is 0 Å². The van der Waals surface area contributed by atoms with Crippen LogP contribution in [0.3, 0.4) is 0 Å². The highest BCUT2D eigenvalue weighted by molar-refractivity contribution is 9.09. The van der Waals surface area contributed by atoms with E-state index in [1.54, 1.807) is 7.11 Å². The van der Waals surface area contributed by atoms with Gasteiger partial charge in [0.15, 0.2) is 0 Å². The number of ether oxygens (including phenoxy) is 1. The summed E-state index contributed by atoms with van der Waals surface area (Å²) in [4.78, 5) is 0.470. The van der Waals surface area contributed by atoms with E-state index < -0.39 is 0 Å². The maximum Gasteiger partial charge on any atom is 0.112 e. The molecule has 2 aliphatic rings. The number of rotatable bonds is 1. The van der Waals surface area contributed by atoms with Crippen molar-refractivity contribution in [3.63, 3.8) is 0 Å². The minimum atomic E-state index is -0.0613. The molecule has 0 radical (unpaired) electrons. The van der Waals surface area contributed by atoms with Crippen molar-refractivity contribution in [2.75, 3.05) is 7.11 Å². The first-order chi connectivity index (χ1) is 4.78. The predicted molar refractivity (Wildman–Crippen MR) is 44.2 cm³/mol. The first-order valence-corrected chi connectivity index (χ1v) is 4.28. The molecule has 54 valence electrons. The second kappa shape index (κ2) is 1.95. The Morgan fingerprint density at radius 2 is 2.10 bits per heavy atom. The molecule has 0 fully saturated rings. The molecule has 0 heterocycles. The van der Waals surface area contributed by atoms with E-state index in [4.69, 9.17) is 4.74 Å². The summed E-state index contributed by atoms with van der Waals surface area (Å²) in [7, 11) is 1.76. The quantitative estimate of drug-likeness (QED) is 0.465. The van der Waals surface area contributed by atoms with Crippen LogP contribution in [0.1, 0.15) is 0 Å². The lowest BCUT2D eigenvalue weighted by Gasteiger charge is -2.37. The van der Waals surface area contributed by atoms with Gasteiger partial charge in [-0.25, -0.2) is 0 Å². The van der Waals surface area contributed by atoms with Crippen LogP contribution in [0.2, 0.25) is 0 Å². The van der Waals surface area contributed by atoms with Gasteiger partial charge in [-0.15, -0.1) is 0 Å². The Bertz CT molecular complexity index is 209. The highest BCUT2D eigenvalue weighted by Gasteiger charge is 2.46. The molecule has 2 heteroatoms. The number of fused-ring (bicyclic) bond motifs is 1. The van der Waals surface area contributed by atoms with Gasteiger partial charge in [0, 0.05) is 17.9 Å². The average Bonchev–Trinajstić information content (AvgIpc) is 2.06. The molecule has 2 aliphatic carbocycles. The zero-order valence-corrected chi connectivity index (χ0v) is 7.34. The van der Waals surface area contributed by atoms with Gasteiger partial charge >= 0.3 is 0 Å². The number of hydrogen-bond acceptors (Lipinski definition) is 1. The monoisotopic (exact) mass is 200 g/mol. The van der Waals surface area contributed by atoms with Crippen LogP contribution in [0.5, 0.6) is 0 Å². The van der Waals surface area contributed by atoms with E-state index >= 15 is 0 Å². The molecule has 0 saturated carbocycles. The van der Waals surface area contributed by atoms with E-state index in [2.05, 4.69) is 40.2 Å². The Morgan fingerprint density at radius 1 is 1.40 bits per heavy atom. The van der Waals surface area contributed by atoms with Crippen molar-refractivity contribution >= 4 is 15.9 Å². The fraction of sp³-hybridized carbons (Fsp3) is 0.500. The van der Waals surface area contributed by atoms with E-state index in [1.807, 2.05) is 0 Å². The summed E-state index contributed by atoms with van der Waals surface area (Å²) in [5, 5.41) is 0. The Labute approximate surface area is 68.9 Å². The summed E-state index contributed by atoms with van der Waals surface area (Å²) >= 11 is 3.55. The van der Waals surface area contributed by atoms with E-state index in [1.165, 1.54) is 0 Å². The molecular formula is C8H9BrO. The summed E-state index contributed by atoms with van der Waals surface area (Å²) in [6.45, 7) is 0. The first kappa shape index (κ1) is 6.62. The summed E-state index contributed by atoms with van der Waals surface area (Å²) in [6, 6.07) is 0. The third-order valence-corrected chi connectivity index (χ3v) is 3.20. The smallest absolute Gasteiger partial charge is 0.112 e. The molecular weight excluding hydrogens is 192 g/mol. The summed E-state index contributed by atoms with van der Waals surface area (Å²) in [5.74, 6) is 0.525. The van der Waals surface area contributed by atoms with Gasteiger partial charge in [0.1, 0.15) is 5.60 Å². The van der Waals surface area contributed by atoms with Crippen LogP contribution < -0.4 is 0 Å². The van der Waals surface area contributed by atoms with Crippen LogP contribution in [0.4, 0.5) is 0 Å². The zero-order chi connectivity index (χ0) is 7.19. The van der Waals surface area contributed by atoms with Gasteiger partial charge < -0.3 is 4.74 Å². The maximum atomic E-state index is 5.36. The lowest BCUT2D eigenvalue weighted by molar-refractivity contribution is 0.0322. The van der Waals surface area contributed by atoms with E-state index in [-0.39, 0.29) is 5.60 Å². The fourth-order valence-electron chi connectivity index (χ4n) is 1.55. The van der Waals surface area contributed by atoms with Crippen LogP contribution in [0.25, 0.3) is 0 Å². The van der Waals surface area contributed by atoms with Gasteiger partial charge in [-0.3, -0.25) is 0 Å². The molecule has 3 atom stereocenters. The van der Waals surface area contributed by atoms with E-state index in [0.29, 0.717) is 10.7 Å². The molecule has 0 aromatic heterocycles. The minimum Gasteiger partial charge on any atom is -0.369 e. The molecule has 0 N–H and O–H groups in total. The summed E-state index contributed by atoms with van der Waals surface area (Å²) < 4.78 is 5.36. The highest BCUT2D eigenvalue weighted by atomic mass is 79.9. The normalized spacial score (nSPS) is 49.0. The SMILES string of the molecule is COC12C=CC(Br)C1C=C2. The van der Waals surface area contributed by atoms with Crippen LogP contribution >= 0.6 is 15.9 Å². The van der Waals surface area contributed by atoms with Crippen LogP contribution in [0.15, 0.2) is 24.3 Å². The molecule has 0 aromatic carbocycles. The number of alkyl halides is 1. The van der Waals surface area contributed by atoms with Gasteiger partial charge in [-0.05, 0) is 0 Å². The Kier molecular flexibility index (Phi) is 1.29. The Hall–Kier alpha value is -0.0800. The maximum absolute atomic E-state index is 5.36. The van der Waals surface area contributed by atoms with E-state index in [0.717, 1.165) is 0 Å². The van der Waals surface area contributed by atoms with Gasteiger partial charge in [0.25, 0.3) is 0 Å². The van der Waals surface area contributed by atoms with Gasteiger partial charge in [-0.2, -0.15) is 0 Å². The third kappa shape index (κ3) is 0.611. The second-order valence-electron chi connectivity index (χ2n) is 2.75. The average molecular weight is 201 g/mol. The number of hydrogen-bond donors (Lipinski definition) is 0. The molecule has 0 spiro atoms. The standard InChI is InChI=1S/C8H9BrO/c1-10-8-4-2-6(8)7(9)3-5-8/h2-7H,1H3. The molecule has 0 amide bonds. The van der Waals surface area contributed by atoms with Crippen LogP contribution in [0, 0.1) is 5.92 Å². The van der Waals surface area contributed by atoms with Crippen molar-refractivity contribution in [2.45, 2.75) is 10.4 Å². The first-order valence-electron chi connectivity index (χ1n) is 3.36. The molecule has 0 aliphatic heterocycles. The highest BCUT2D eigenvalue weighted by Crippen LogP contribution is 2.45. The van der Waals surface area contributed by atoms with Gasteiger partial charge in [-0.1, -0.05) is 40.2 Å². The molecule has 3 unspecified atom stereocenters. The number of allylic oxidation sites excluding steroid dienone is 1. The van der Waals surface area contributed by atoms with Gasteiger partial charge in [0.05, 0.1) is 0 Å². The topological polar surface area (TPSA) is 9.23 Å². The molecule has 0 aromatic rings. The Balaban J connectivity index is 2.29. The van der Waals surface area contributed by atoms with Crippen molar-refractivity contribution < 1.29 is 4.74 Å². The van der Waals surface area contributed by atoms with Crippen molar-refractivity contribution in [3.05, 3.63) is 24.3 Å². The summed E-state index contributed by atoms with van der Waals surface area (Å²) in [6.07, 6.45) is 8.56. The summed E-state index contributed by atoms with van der Waals surface area (Å²) in [5.41, 5.74) is -0.0613. The zero-order valence-electron chi connectivity index (χ0n) is 5.75.